The molecule has 0 saturated heterocycles. The predicted molar refractivity (Wildman–Crippen MR) is 79.6 cm³/mol. The molecule has 0 aliphatic carbocycles. The second-order valence-corrected chi connectivity index (χ2v) is 5.27. The number of benzene rings is 2. The van der Waals surface area contributed by atoms with Gasteiger partial charge in [-0.05, 0) is 36.1 Å². The number of hydrogen-bond acceptors (Lipinski definition) is 1. The van der Waals surface area contributed by atoms with Crippen molar-refractivity contribution in [1.29, 1.82) is 0 Å². The molecule has 0 radical (unpaired) electrons. The van der Waals surface area contributed by atoms with Crippen LogP contribution in [0, 0.1) is 0 Å². The second-order valence-electron chi connectivity index (χ2n) is 5.27. The Hall–Kier alpha value is -2.22. The van der Waals surface area contributed by atoms with Crippen LogP contribution in [0.25, 0.3) is 10.9 Å². The predicted octanol–water partition coefficient (Wildman–Crippen LogP) is 3.75. The molecule has 3 aromatic rings. The fourth-order valence-electron chi connectivity index (χ4n) is 3.06. The number of aromatic nitrogens is 1. The number of hydrogen-bond donors (Lipinski definition) is 2. The maximum Gasteiger partial charge on any atom is 0.0456 e. The summed E-state index contributed by atoms with van der Waals surface area (Å²) in [7, 11) is 0. The van der Waals surface area contributed by atoms with Gasteiger partial charge in [-0.15, -0.1) is 0 Å². The fraction of sp³-hybridized carbons (Fsp3) is 0.176. The molecular weight excluding hydrogens is 232 g/mol. The zero-order chi connectivity index (χ0) is 12.7. The Balaban J connectivity index is 1.60. The molecule has 2 heterocycles. The van der Waals surface area contributed by atoms with Gasteiger partial charge in [-0.1, -0.05) is 36.4 Å². The summed E-state index contributed by atoms with van der Waals surface area (Å²) in [6.07, 6.45) is 4.34. The SMILES string of the molecule is c1ccc2c(c1)C[C@H](Cc1c[nH]c3ccccc13)N2. The third-order valence-electron chi connectivity index (χ3n) is 3.98. The molecule has 94 valence electrons. The average Bonchev–Trinajstić information content (AvgIpc) is 3.03. The van der Waals surface area contributed by atoms with Crippen LogP contribution < -0.4 is 5.32 Å². The van der Waals surface area contributed by atoms with Gasteiger partial charge in [0.25, 0.3) is 0 Å². The number of anilines is 1. The Kier molecular flexibility index (Phi) is 2.34. The minimum atomic E-state index is 0.511. The molecule has 0 spiro atoms. The van der Waals surface area contributed by atoms with Crippen LogP contribution >= 0.6 is 0 Å². The molecule has 0 unspecified atom stereocenters. The van der Waals surface area contributed by atoms with Gasteiger partial charge in [-0.3, -0.25) is 0 Å². The van der Waals surface area contributed by atoms with Crippen molar-refractivity contribution in [3.05, 3.63) is 65.9 Å². The summed E-state index contributed by atoms with van der Waals surface area (Å²) in [5.74, 6) is 0. The molecule has 2 aromatic carbocycles. The fourth-order valence-corrected chi connectivity index (χ4v) is 3.06. The molecule has 1 atom stereocenters. The lowest BCUT2D eigenvalue weighted by Gasteiger charge is -2.10. The Morgan fingerprint density at radius 3 is 2.79 bits per heavy atom. The summed E-state index contributed by atoms with van der Waals surface area (Å²) in [4.78, 5) is 3.36. The lowest BCUT2D eigenvalue weighted by atomic mass is 10.0. The van der Waals surface area contributed by atoms with Gasteiger partial charge in [-0.2, -0.15) is 0 Å². The van der Waals surface area contributed by atoms with E-state index in [2.05, 4.69) is 65.0 Å². The van der Waals surface area contributed by atoms with Crippen LogP contribution in [-0.2, 0) is 12.8 Å². The smallest absolute Gasteiger partial charge is 0.0456 e. The summed E-state index contributed by atoms with van der Waals surface area (Å²) in [6, 6.07) is 17.6. The summed E-state index contributed by atoms with van der Waals surface area (Å²) in [5.41, 5.74) is 5.37. The van der Waals surface area contributed by atoms with Gasteiger partial charge in [0.15, 0.2) is 0 Å². The zero-order valence-corrected chi connectivity index (χ0v) is 10.7. The number of H-pyrrole nitrogens is 1. The lowest BCUT2D eigenvalue weighted by molar-refractivity contribution is 0.750. The van der Waals surface area contributed by atoms with Gasteiger partial charge in [-0.25, -0.2) is 0 Å². The Labute approximate surface area is 112 Å². The van der Waals surface area contributed by atoms with E-state index in [1.807, 2.05) is 0 Å². The lowest BCUT2D eigenvalue weighted by Crippen LogP contribution is -2.18. The van der Waals surface area contributed by atoms with Crippen molar-refractivity contribution in [2.75, 3.05) is 5.32 Å². The number of nitrogens with one attached hydrogen (secondary N) is 2. The van der Waals surface area contributed by atoms with E-state index in [1.165, 1.54) is 27.7 Å². The Morgan fingerprint density at radius 1 is 1.00 bits per heavy atom. The van der Waals surface area contributed by atoms with Crippen molar-refractivity contribution in [2.24, 2.45) is 0 Å². The largest absolute Gasteiger partial charge is 0.381 e. The number of rotatable bonds is 2. The minimum absolute atomic E-state index is 0.511. The van der Waals surface area contributed by atoms with Crippen molar-refractivity contribution >= 4 is 16.6 Å². The maximum atomic E-state index is 3.62. The highest BCUT2D eigenvalue weighted by atomic mass is 14.9. The van der Waals surface area contributed by atoms with E-state index in [9.17, 15) is 0 Å². The first-order valence-electron chi connectivity index (χ1n) is 6.79. The van der Waals surface area contributed by atoms with Gasteiger partial charge >= 0.3 is 0 Å². The average molecular weight is 248 g/mol. The van der Waals surface area contributed by atoms with Gasteiger partial charge in [0.05, 0.1) is 0 Å². The molecule has 2 N–H and O–H groups in total. The Morgan fingerprint density at radius 2 is 1.84 bits per heavy atom. The molecule has 19 heavy (non-hydrogen) atoms. The van der Waals surface area contributed by atoms with E-state index >= 15 is 0 Å². The molecule has 0 fully saturated rings. The third kappa shape index (κ3) is 1.80. The highest BCUT2D eigenvalue weighted by Crippen LogP contribution is 2.28. The molecule has 2 nitrogen and oxygen atoms in total. The van der Waals surface area contributed by atoms with E-state index < -0.39 is 0 Å². The van der Waals surface area contributed by atoms with Crippen LogP contribution in [0.1, 0.15) is 11.1 Å². The Bertz CT molecular complexity index is 702. The standard InChI is InChI=1S/C17H16N2/c1-3-7-16-12(5-1)9-14(19-16)10-13-11-18-17-8-4-2-6-15(13)17/h1-8,11,14,18-19H,9-10H2/t14-/m1/s1. The second kappa shape index (κ2) is 4.16. The quantitative estimate of drug-likeness (QED) is 0.710. The van der Waals surface area contributed by atoms with Gasteiger partial charge in [0, 0.05) is 28.8 Å². The topological polar surface area (TPSA) is 27.8 Å². The minimum Gasteiger partial charge on any atom is -0.381 e. The summed E-state index contributed by atoms with van der Waals surface area (Å²) >= 11 is 0. The molecule has 1 aliphatic rings. The van der Waals surface area contributed by atoms with E-state index in [0.29, 0.717) is 6.04 Å². The third-order valence-corrected chi connectivity index (χ3v) is 3.98. The molecule has 0 amide bonds. The summed E-state index contributed by atoms with van der Waals surface area (Å²) in [6.45, 7) is 0. The maximum absolute atomic E-state index is 3.62. The summed E-state index contributed by atoms with van der Waals surface area (Å²) < 4.78 is 0. The highest BCUT2D eigenvalue weighted by molar-refractivity contribution is 5.83. The monoisotopic (exact) mass is 248 g/mol. The van der Waals surface area contributed by atoms with Crippen LogP contribution in [0.5, 0.6) is 0 Å². The van der Waals surface area contributed by atoms with Gasteiger partial charge in [0.2, 0.25) is 0 Å². The molecule has 0 bridgehead atoms. The first kappa shape index (κ1) is 10.7. The first-order chi connectivity index (χ1) is 9.40. The van der Waals surface area contributed by atoms with Crippen molar-refractivity contribution in [2.45, 2.75) is 18.9 Å². The first-order valence-corrected chi connectivity index (χ1v) is 6.79. The molecule has 1 aliphatic heterocycles. The van der Waals surface area contributed by atoms with Gasteiger partial charge in [0.1, 0.15) is 0 Å². The molecular formula is C17H16N2. The number of para-hydroxylation sites is 2. The van der Waals surface area contributed by atoms with Crippen LogP contribution in [0.2, 0.25) is 0 Å². The van der Waals surface area contributed by atoms with Gasteiger partial charge < -0.3 is 10.3 Å². The number of aromatic amines is 1. The molecule has 4 rings (SSSR count). The van der Waals surface area contributed by atoms with E-state index in [-0.39, 0.29) is 0 Å². The van der Waals surface area contributed by atoms with Crippen molar-refractivity contribution in [3.63, 3.8) is 0 Å². The van der Waals surface area contributed by atoms with E-state index in [0.717, 1.165) is 12.8 Å². The van der Waals surface area contributed by atoms with Crippen LogP contribution in [0.15, 0.2) is 54.7 Å². The molecule has 0 saturated carbocycles. The van der Waals surface area contributed by atoms with Crippen molar-refractivity contribution in [3.8, 4) is 0 Å². The zero-order valence-electron chi connectivity index (χ0n) is 10.7. The van der Waals surface area contributed by atoms with Crippen LogP contribution in [-0.4, -0.2) is 11.0 Å². The van der Waals surface area contributed by atoms with E-state index in [4.69, 9.17) is 0 Å². The van der Waals surface area contributed by atoms with Crippen LogP contribution in [0.3, 0.4) is 0 Å². The number of fused-ring (bicyclic) bond motifs is 2. The summed E-state index contributed by atoms with van der Waals surface area (Å²) in [5, 5.41) is 4.97. The van der Waals surface area contributed by atoms with Crippen molar-refractivity contribution < 1.29 is 0 Å². The molecule has 1 aromatic heterocycles. The highest BCUT2D eigenvalue weighted by Gasteiger charge is 2.20. The van der Waals surface area contributed by atoms with E-state index in [1.54, 1.807) is 0 Å². The van der Waals surface area contributed by atoms with Crippen molar-refractivity contribution in [1.82, 2.24) is 4.98 Å². The normalized spacial score (nSPS) is 17.4. The van der Waals surface area contributed by atoms with Crippen LogP contribution in [0.4, 0.5) is 5.69 Å². The molecule has 2 heteroatoms.